The maximum atomic E-state index is 12.8. The molecule has 0 amide bonds. The highest BCUT2D eigenvalue weighted by Gasteiger charge is 2.36. The van der Waals surface area contributed by atoms with Crippen LogP contribution in [0.1, 0.15) is 44.7 Å². The van der Waals surface area contributed by atoms with Crippen molar-refractivity contribution in [3.8, 4) is 0 Å². The fourth-order valence-corrected chi connectivity index (χ4v) is 1.53. The molecule has 0 aliphatic heterocycles. The quantitative estimate of drug-likeness (QED) is 0.775. The lowest BCUT2D eigenvalue weighted by Crippen LogP contribution is -2.27. The van der Waals surface area contributed by atoms with E-state index in [-0.39, 0.29) is 5.56 Å². The van der Waals surface area contributed by atoms with E-state index in [9.17, 15) is 18.0 Å². The first kappa shape index (κ1) is 15.5. The summed E-state index contributed by atoms with van der Waals surface area (Å²) in [4.78, 5) is 15.5. The minimum atomic E-state index is -4.52. The lowest BCUT2D eigenvalue weighted by Gasteiger charge is -2.23. The van der Waals surface area contributed by atoms with Crippen LogP contribution in [-0.4, -0.2) is 16.6 Å². The second-order valence-electron chi connectivity index (χ2n) is 5.22. The summed E-state index contributed by atoms with van der Waals surface area (Å²) in [5.41, 5.74) is -1.78. The van der Waals surface area contributed by atoms with Crippen molar-refractivity contribution in [2.24, 2.45) is 0 Å². The Morgan fingerprint density at radius 1 is 1.32 bits per heavy atom. The molecule has 1 heterocycles. The Morgan fingerprint density at radius 3 is 2.37 bits per heavy atom. The maximum Gasteiger partial charge on any atom is 0.416 e. The number of rotatable bonds is 2. The Labute approximate surface area is 109 Å². The molecule has 0 aromatic carbocycles. The van der Waals surface area contributed by atoms with Crippen molar-refractivity contribution in [2.75, 3.05) is 0 Å². The highest BCUT2D eigenvalue weighted by atomic mass is 19.4. The molecule has 0 spiro atoms. The fraction of sp³-hybridized carbons (Fsp3) is 0.538. The zero-order valence-electron chi connectivity index (χ0n) is 11.2. The highest BCUT2D eigenvalue weighted by molar-refractivity contribution is 5.78. The van der Waals surface area contributed by atoms with Gasteiger partial charge in [0.15, 0.2) is 0 Å². The van der Waals surface area contributed by atoms with E-state index < -0.39 is 29.2 Å². The smallest absolute Gasteiger partial charge is 0.416 e. The molecule has 6 heteroatoms. The van der Waals surface area contributed by atoms with Gasteiger partial charge in [0, 0.05) is 12.4 Å². The number of carbonyl (C=O) groups excluding carboxylic acids is 1. The second-order valence-corrected chi connectivity index (χ2v) is 5.22. The van der Waals surface area contributed by atoms with Crippen LogP contribution >= 0.6 is 0 Å². The normalized spacial score (nSPS) is 14.1. The van der Waals surface area contributed by atoms with Crippen molar-refractivity contribution < 1.29 is 22.7 Å². The van der Waals surface area contributed by atoms with Crippen LogP contribution in [-0.2, 0) is 15.7 Å². The summed E-state index contributed by atoms with van der Waals surface area (Å²) in [6.07, 6.45) is -2.42. The van der Waals surface area contributed by atoms with Crippen molar-refractivity contribution in [1.29, 1.82) is 0 Å². The van der Waals surface area contributed by atoms with Crippen LogP contribution in [0, 0.1) is 0 Å². The maximum absolute atomic E-state index is 12.8. The lowest BCUT2D eigenvalue weighted by molar-refractivity contribution is -0.156. The van der Waals surface area contributed by atoms with Gasteiger partial charge >= 0.3 is 12.1 Å². The number of hydrogen-bond donors (Lipinski definition) is 0. The Morgan fingerprint density at radius 2 is 1.89 bits per heavy atom. The molecule has 1 atom stereocenters. The Balaban J connectivity index is 3.07. The number of carbonyl (C=O) groups is 1. The molecular formula is C13H16F3NO2. The predicted octanol–water partition coefficient (Wildman–Crippen LogP) is 3.55. The Kier molecular flexibility index (Phi) is 4.22. The molecule has 1 rings (SSSR count). The van der Waals surface area contributed by atoms with Crippen molar-refractivity contribution in [3.63, 3.8) is 0 Å². The van der Waals surface area contributed by atoms with E-state index in [2.05, 4.69) is 4.98 Å². The molecule has 3 nitrogen and oxygen atoms in total. The summed E-state index contributed by atoms with van der Waals surface area (Å²) in [6.45, 7) is 6.35. The van der Waals surface area contributed by atoms with E-state index in [4.69, 9.17) is 4.74 Å². The number of ether oxygens (including phenoxy) is 1. The summed E-state index contributed by atoms with van der Waals surface area (Å²) in [5, 5.41) is 0. The summed E-state index contributed by atoms with van der Waals surface area (Å²) >= 11 is 0. The third-order valence-corrected chi connectivity index (χ3v) is 2.38. The van der Waals surface area contributed by atoms with Gasteiger partial charge in [-0.05, 0) is 39.3 Å². The van der Waals surface area contributed by atoms with Crippen LogP contribution in [0.2, 0.25) is 0 Å². The first-order valence-electron chi connectivity index (χ1n) is 5.76. The molecule has 0 aliphatic rings. The van der Waals surface area contributed by atoms with E-state index in [1.807, 2.05) is 0 Å². The van der Waals surface area contributed by atoms with Gasteiger partial charge in [-0.25, -0.2) is 0 Å². The number of halogens is 3. The van der Waals surface area contributed by atoms with Gasteiger partial charge in [0.05, 0.1) is 11.5 Å². The van der Waals surface area contributed by atoms with E-state index in [1.54, 1.807) is 20.8 Å². The molecule has 0 radical (unpaired) electrons. The van der Waals surface area contributed by atoms with Crippen molar-refractivity contribution in [2.45, 2.75) is 45.4 Å². The molecule has 1 aromatic rings. The van der Waals surface area contributed by atoms with Gasteiger partial charge in [-0.2, -0.15) is 13.2 Å². The molecule has 0 saturated heterocycles. The molecule has 0 aliphatic carbocycles. The second kappa shape index (κ2) is 5.19. The van der Waals surface area contributed by atoms with Gasteiger partial charge in [0.1, 0.15) is 5.60 Å². The number of hydrogen-bond acceptors (Lipinski definition) is 3. The summed E-state index contributed by atoms with van der Waals surface area (Å²) in [7, 11) is 0. The van der Waals surface area contributed by atoms with Gasteiger partial charge in [-0.1, -0.05) is 0 Å². The molecule has 0 N–H and O–H groups in total. The molecule has 1 unspecified atom stereocenters. The molecule has 106 valence electrons. The molecular weight excluding hydrogens is 259 g/mol. The van der Waals surface area contributed by atoms with Crippen LogP contribution in [0.15, 0.2) is 18.5 Å². The first-order valence-corrected chi connectivity index (χ1v) is 5.76. The molecule has 0 fully saturated rings. The molecule has 0 saturated carbocycles. The zero-order valence-corrected chi connectivity index (χ0v) is 11.2. The number of pyridine rings is 1. The van der Waals surface area contributed by atoms with Gasteiger partial charge in [-0.3, -0.25) is 9.78 Å². The van der Waals surface area contributed by atoms with Crippen molar-refractivity contribution >= 4 is 5.97 Å². The molecule has 0 bridgehead atoms. The number of nitrogens with zero attached hydrogens (tertiary/aromatic N) is 1. The van der Waals surface area contributed by atoms with Crippen molar-refractivity contribution in [3.05, 3.63) is 29.6 Å². The largest absolute Gasteiger partial charge is 0.460 e. The number of esters is 1. The average molecular weight is 275 g/mol. The predicted molar refractivity (Wildman–Crippen MR) is 63.5 cm³/mol. The molecule has 1 aromatic heterocycles. The van der Waals surface area contributed by atoms with E-state index in [1.165, 1.54) is 6.92 Å². The average Bonchev–Trinajstić information content (AvgIpc) is 2.24. The summed E-state index contributed by atoms with van der Waals surface area (Å²) < 4.78 is 43.6. The van der Waals surface area contributed by atoms with Crippen LogP contribution in [0.4, 0.5) is 13.2 Å². The fourth-order valence-electron chi connectivity index (χ4n) is 1.53. The van der Waals surface area contributed by atoms with Gasteiger partial charge in [-0.15, -0.1) is 0 Å². The van der Waals surface area contributed by atoms with Gasteiger partial charge in [0.25, 0.3) is 0 Å². The standard InChI is InChI=1S/C13H16F3NO2/c1-8(11(18)19-12(2,3)4)9-7-17-6-5-10(9)13(14,15)16/h5-8H,1-4H3. The summed E-state index contributed by atoms with van der Waals surface area (Å²) in [5.74, 6) is -1.73. The van der Waals surface area contributed by atoms with Crippen LogP contribution < -0.4 is 0 Å². The van der Waals surface area contributed by atoms with Gasteiger partial charge < -0.3 is 4.74 Å². The zero-order chi connectivity index (χ0) is 14.8. The number of alkyl halides is 3. The van der Waals surface area contributed by atoms with Crippen molar-refractivity contribution in [1.82, 2.24) is 4.98 Å². The van der Waals surface area contributed by atoms with Crippen LogP contribution in [0.5, 0.6) is 0 Å². The topological polar surface area (TPSA) is 39.2 Å². The number of aromatic nitrogens is 1. The first-order chi connectivity index (χ1) is 8.52. The van der Waals surface area contributed by atoms with E-state index in [0.29, 0.717) is 0 Å². The third kappa shape index (κ3) is 4.22. The third-order valence-electron chi connectivity index (χ3n) is 2.38. The van der Waals surface area contributed by atoms with Gasteiger partial charge in [0.2, 0.25) is 0 Å². The Bertz CT molecular complexity index is 464. The SMILES string of the molecule is CC(C(=O)OC(C)(C)C)c1cnccc1C(F)(F)F. The highest BCUT2D eigenvalue weighted by Crippen LogP contribution is 2.35. The van der Waals surface area contributed by atoms with Crippen LogP contribution in [0.25, 0.3) is 0 Å². The van der Waals surface area contributed by atoms with E-state index >= 15 is 0 Å². The minimum Gasteiger partial charge on any atom is -0.460 e. The monoisotopic (exact) mass is 275 g/mol. The molecule has 19 heavy (non-hydrogen) atoms. The van der Waals surface area contributed by atoms with Crippen LogP contribution in [0.3, 0.4) is 0 Å². The minimum absolute atomic E-state index is 0.177. The summed E-state index contributed by atoms with van der Waals surface area (Å²) in [6, 6.07) is 0.857. The van der Waals surface area contributed by atoms with E-state index in [0.717, 1.165) is 18.5 Å². The Hall–Kier alpha value is -1.59. The lowest BCUT2D eigenvalue weighted by atomic mass is 9.97.